The van der Waals surface area contributed by atoms with Crippen LogP contribution in [0.3, 0.4) is 0 Å². The van der Waals surface area contributed by atoms with Gasteiger partial charge in [-0.1, -0.05) is 35.3 Å². The molecule has 1 aromatic carbocycles. The lowest BCUT2D eigenvalue weighted by molar-refractivity contribution is 0.0799. The van der Waals surface area contributed by atoms with E-state index < -0.39 is 18.6 Å². The van der Waals surface area contributed by atoms with Crippen LogP contribution >= 0.6 is 23.2 Å². The lowest BCUT2D eigenvalue weighted by atomic mass is 10.1. The van der Waals surface area contributed by atoms with Gasteiger partial charge in [-0.05, 0) is 6.07 Å². The number of hydrogen-bond acceptors (Lipinski definition) is 6. The number of carbonyl (C=O) groups is 1. The van der Waals surface area contributed by atoms with Crippen molar-refractivity contribution in [1.82, 2.24) is 15.3 Å². The monoisotopic (exact) mass is 356 g/mol. The Morgan fingerprint density at radius 3 is 2.83 bits per heavy atom. The SMILES string of the molecule is Nc1ncc(-c2cccc(Cl)c2Cl)nc1C(=O)NC[C@H](O)CO. The van der Waals surface area contributed by atoms with E-state index in [2.05, 4.69) is 15.3 Å². The Hall–Kier alpha value is -1.93. The molecule has 0 saturated heterocycles. The molecule has 23 heavy (non-hydrogen) atoms. The van der Waals surface area contributed by atoms with Crippen LogP contribution < -0.4 is 11.1 Å². The van der Waals surface area contributed by atoms with Crippen LogP contribution in [0.4, 0.5) is 5.82 Å². The highest BCUT2D eigenvalue weighted by molar-refractivity contribution is 6.43. The van der Waals surface area contributed by atoms with Gasteiger partial charge in [-0.2, -0.15) is 0 Å². The van der Waals surface area contributed by atoms with Crippen LogP contribution in [0.15, 0.2) is 24.4 Å². The van der Waals surface area contributed by atoms with Gasteiger partial charge in [0.25, 0.3) is 5.91 Å². The second-order valence-electron chi connectivity index (χ2n) is 4.64. The Morgan fingerprint density at radius 2 is 2.13 bits per heavy atom. The Balaban J connectivity index is 2.32. The first-order valence-electron chi connectivity index (χ1n) is 6.58. The largest absolute Gasteiger partial charge is 0.394 e. The minimum absolute atomic E-state index is 0.0668. The normalized spacial score (nSPS) is 12.0. The first-order valence-corrected chi connectivity index (χ1v) is 7.33. The van der Waals surface area contributed by atoms with Crippen molar-refractivity contribution in [2.24, 2.45) is 0 Å². The highest BCUT2D eigenvalue weighted by Gasteiger charge is 2.17. The van der Waals surface area contributed by atoms with Crippen molar-refractivity contribution < 1.29 is 15.0 Å². The van der Waals surface area contributed by atoms with E-state index in [0.717, 1.165) is 0 Å². The third-order valence-corrected chi connectivity index (χ3v) is 3.77. The van der Waals surface area contributed by atoms with Gasteiger partial charge < -0.3 is 21.3 Å². The van der Waals surface area contributed by atoms with Crippen LogP contribution in [0.5, 0.6) is 0 Å². The number of aliphatic hydroxyl groups is 2. The molecule has 1 heterocycles. The summed E-state index contributed by atoms with van der Waals surface area (Å²) in [5.41, 5.74) is 6.41. The number of carbonyl (C=O) groups excluding carboxylic acids is 1. The van der Waals surface area contributed by atoms with Crippen LogP contribution in [0.25, 0.3) is 11.3 Å². The van der Waals surface area contributed by atoms with Crippen molar-refractivity contribution in [3.8, 4) is 11.3 Å². The average Bonchev–Trinajstić information content (AvgIpc) is 2.55. The number of amides is 1. The average molecular weight is 357 g/mol. The van der Waals surface area contributed by atoms with Crippen molar-refractivity contribution in [1.29, 1.82) is 0 Å². The van der Waals surface area contributed by atoms with Crippen molar-refractivity contribution in [3.63, 3.8) is 0 Å². The van der Waals surface area contributed by atoms with Gasteiger partial charge in [-0.15, -0.1) is 0 Å². The van der Waals surface area contributed by atoms with Crippen LogP contribution in [0.2, 0.25) is 10.0 Å². The number of rotatable bonds is 5. The molecule has 5 N–H and O–H groups in total. The number of hydrogen-bond donors (Lipinski definition) is 4. The number of benzene rings is 1. The summed E-state index contributed by atoms with van der Waals surface area (Å²) in [5, 5.41) is 21.0. The standard InChI is InChI=1S/C14H14Cl2N4O3/c15-9-3-1-2-8(11(9)16)10-5-18-13(17)12(20-10)14(23)19-4-7(22)6-21/h1-3,5,7,21-22H,4,6H2,(H2,17,18)(H,19,23)/t7-/m0/s1. The third-order valence-electron chi connectivity index (χ3n) is 2.95. The molecule has 0 saturated carbocycles. The maximum Gasteiger partial charge on any atom is 0.273 e. The number of aliphatic hydroxyl groups excluding tert-OH is 2. The minimum Gasteiger partial charge on any atom is -0.394 e. The van der Waals surface area contributed by atoms with E-state index in [9.17, 15) is 9.90 Å². The molecular weight excluding hydrogens is 343 g/mol. The molecule has 0 aliphatic heterocycles. The molecule has 1 amide bonds. The zero-order chi connectivity index (χ0) is 17.0. The maximum absolute atomic E-state index is 12.1. The maximum atomic E-state index is 12.1. The van der Waals surface area contributed by atoms with Crippen molar-refractivity contribution in [3.05, 3.63) is 40.1 Å². The predicted molar refractivity (Wildman–Crippen MR) is 87.3 cm³/mol. The topological polar surface area (TPSA) is 121 Å². The molecule has 9 heteroatoms. The summed E-state index contributed by atoms with van der Waals surface area (Å²) in [7, 11) is 0. The lowest BCUT2D eigenvalue weighted by Gasteiger charge is -2.11. The van der Waals surface area contributed by atoms with Crippen molar-refractivity contribution in [2.45, 2.75) is 6.10 Å². The number of halogens is 2. The number of nitrogen functional groups attached to an aromatic ring is 1. The van der Waals surface area contributed by atoms with E-state index in [1.54, 1.807) is 18.2 Å². The fraction of sp³-hybridized carbons (Fsp3) is 0.214. The van der Waals surface area contributed by atoms with Gasteiger partial charge in [0, 0.05) is 12.1 Å². The molecule has 0 unspecified atom stereocenters. The van der Waals surface area contributed by atoms with Crippen LogP contribution in [0, 0.1) is 0 Å². The highest BCUT2D eigenvalue weighted by atomic mass is 35.5. The fourth-order valence-electron chi connectivity index (χ4n) is 1.76. The van der Waals surface area contributed by atoms with Crippen LogP contribution in [-0.4, -0.2) is 45.3 Å². The van der Waals surface area contributed by atoms with Gasteiger partial charge in [0.2, 0.25) is 0 Å². The quantitative estimate of drug-likeness (QED) is 0.636. The summed E-state index contributed by atoms with van der Waals surface area (Å²) < 4.78 is 0. The van der Waals surface area contributed by atoms with Gasteiger partial charge in [0.1, 0.15) is 0 Å². The second-order valence-corrected chi connectivity index (χ2v) is 5.42. The molecule has 2 rings (SSSR count). The predicted octanol–water partition coefficient (Wildman–Crippen LogP) is 1.12. The highest BCUT2D eigenvalue weighted by Crippen LogP contribution is 2.32. The van der Waals surface area contributed by atoms with E-state index in [1.807, 2.05) is 0 Å². The Bertz CT molecular complexity index is 727. The van der Waals surface area contributed by atoms with E-state index >= 15 is 0 Å². The summed E-state index contributed by atoms with van der Waals surface area (Å²) in [6, 6.07) is 5.01. The Labute approximate surface area is 142 Å². The molecule has 0 radical (unpaired) electrons. The van der Waals surface area contributed by atoms with E-state index in [0.29, 0.717) is 16.3 Å². The summed E-state index contributed by atoms with van der Waals surface area (Å²) in [4.78, 5) is 20.2. The van der Waals surface area contributed by atoms with Gasteiger partial charge in [0.05, 0.1) is 34.6 Å². The zero-order valence-corrected chi connectivity index (χ0v) is 13.3. The minimum atomic E-state index is -1.07. The molecule has 7 nitrogen and oxygen atoms in total. The van der Waals surface area contributed by atoms with Crippen LogP contribution in [0.1, 0.15) is 10.5 Å². The zero-order valence-electron chi connectivity index (χ0n) is 11.8. The number of nitrogens with two attached hydrogens (primary N) is 1. The first kappa shape index (κ1) is 17.4. The smallest absolute Gasteiger partial charge is 0.273 e. The number of nitrogens with one attached hydrogen (secondary N) is 1. The van der Waals surface area contributed by atoms with Gasteiger partial charge in [0.15, 0.2) is 11.5 Å². The second kappa shape index (κ2) is 7.56. The van der Waals surface area contributed by atoms with Gasteiger partial charge >= 0.3 is 0 Å². The summed E-state index contributed by atoms with van der Waals surface area (Å²) in [6.45, 7) is -0.613. The van der Waals surface area contributed by atoms with Crippen LogP contribution in [-0.2, 0) is 0 Å². The Kier molecular flexibility index (Phi) is 5.73. The molecule has 0 aliphatic rings. The third kappa shape index (κ3) is 4.08. The van der Waals surface area contributed by atoms with Crippen molar-refractivity contribution >= 4 is 34.9 Å². The molecule has 0 spiro atoms. The number of aromatic nitrogens is 2. The first-order chi connectivity index (χ1) is 10.9. The molecule has 122 valence electrons. The summed E-state index contributed by atoms with van der Waals surface area (Å²) >= 11 is 12.1. The molecular formula is C14H14Cl2N4O3. The van der Waals surface area contributed by atoms with Gasteiger partial charge in [-0.3, -0.25) is 4.79 Å². The number of anilines is 1. The molecule has 0 bridgehead atoms. The fourth-order valence-corrected chi connectivity index (χ4v) is 2.15. The molecule has 2 aromatic rings. The Morgan fingerprint density at radius 1 is 1.39 bits per heavy atom. The molecule has 1 atom stereocenters. The molecule has 1 aromatic heterocycles. The summed E-state index contributed by atoms with van der Waals surface area (Å²) in [6.07, 6.45) is 0.311. The lowest BCUT2D eigenvalue weighted by Crippen LogP contribution is -2.34. The molecule has 0 aliphatic carbocycles. The van der Waals surface area contributed by atoms with E-state index in [1.165, 1.54) is 6.20 Å². The van der Waals surface area contributed by atoms with Gasteiger partial charge in [-0.25, -0.2) is 9.97 Å². The number of nitrogens with zero attached hydrogens (tertiary/aromatic N) is 2. The summed E-state index contributed by atoms with van der Waals surface area (Å²) in [5.74, 6) is -0.689. The molecule has 0 fully saturated rings. The van der Waals surface area contributed by atoms with E-state index in [4.69, 9.17) is 34.0 Å². The van der Waals surface area contributed by atoms with Crippen molar-refractivity contribution in [2.75, 3.05) is 18.9 Å². The van der Waals surface area contributed by atoms with E-state index in [-0.39, 0.29) is 23.1 Å².